The maximum absolute atomic E-state index is 12.8. The lowest BCUT2D eigenvalue weighted by molar-refractivity contribution is -0.181. The quantitative estimate of drug-likeness (QED) is 0.526. The van der Waals surface area contributed by atoms with Crippen LogP contribution < -0.4 is 0 Å². The highest BCUT2D eigenvalue weighted by atomic mass is 16.7. The van der Waals surface area contributed by atoms with Gasteiger partial charge in [0.1, 0.15) is 6.79 Å². The molecule has 1 spiro atoms. The van der Waals surface area contributed by atoms with Gasteiger partial charge in [-0.25, -0.2) is 0 Å². The third kappa shape index (κ3) is 2.58. The van der Waals surface area contributed by atoms with Crippen molar-refractivity contribution < 1.29 is 23.7 Å². The zero-order valence-corrected chi connectivity index (χ0v) is 17.5. The number of esters is 1. The van der Waals surface area contributed by atoms with Crippen LogP contribution >= 0.6 is 0 Å². The molecule has 28 heavy (non-hydrogen) atoms. The third-order valence-corrected chi connectivity index (χ3v) is 9.63. The molecule has 0 amide bonds. The smallest absolute Gasteiger partial charge is 0.312 e. The van der Waals surface area contributed by atoms with E-state index >= 15 is 0 Å². The van der Waals surface area contributed by atoms with Crippen molar-refractivity contribution in [1.29, 1.82) is 0 Å². The first-order valence-corrected chi connectivity index (χ1v) is 11.4. The molecule has 0 aromatic carbocycles. The first kappa shape index (κ1) is 19.3. The van der Waals surface area contributed by atoms with Crippen LogP contribution in [-0.2, 0) is 23.7 Å². The van der Waals surface area contributed by atoms with Gasteiger partial charge in [0.15, 0.2) is 0 Å². The maximum atomic E-state index is 12.8. The van der Waals surface area contributed by atoms with Gasteiger partial charge >= 0.3 is 5.97 Å². The van der Waals surface area contributed by atoms with E-state index in [9.17, 15) is 4.79 Å². The monoisotopic (exact) mass is 392 g/mol. The van der Waals surface area contributed by atoms with E-state index in [1.54, 1.807) is 7.11 Å². The van der Waals surface area contributed by atoms with Crippen LogP contribution in [0.15, 0.2) is 0 Å². The highest BCUT2D eigenvalue weighted by Crippen LogP contribution is 2.69. The third-order valence-electron chi connectivity index (χ3n) is 9.63. The fraction of sp³-hybridized carbons (Fsp3) is 0.957. The molecule has 0 unspecified atom stereocenters. The van der Waals surface area contributed by atoms with Crippen LogP contribution in [-0.4, -0.2) is 46.3 Å². The lowest BCUT2D eigenvalue weighted by Crippen LogP contribution is -2.58. The first-order valence-electron chi connectivity index (χ1n) is 11.4. The Morgan fingerprint density at radius 3 is 2.64 bits per heavy atom. The fourth-order valence-corrected chi connectivity index (χ4v) is 8.62. The van der Waals surface area contributed by atoms with Gasteiger partial charge in [0.2, 0.25) is 0 Å². The molecule has 4 aliphatic carbocycles. The molecule has 1 heterocycles. The summed E-state index contributed by atoms with van der Waals surface area (Å²) in [6.07, 6.45) is 10.9. The molecule has 5 aliphatic rings. The van der Waals surface area contributed by atoms with E-state index in [1.165, 1.54) is 38.5 Å². The lowest BCUT2D eigenvalue weighted by atomic mass is 9.44. The van der Waals surface area contributed by atoms with E-state index in [1.807, 2.05) is 7.11 Å². The summed E-state index contributed by atoms with van der Waals surface area (Å²) in [5, 5.41) is 0. The fourth-order valence-electron chi connectivity index (χ4n) is 8.62. The predicted molar refractivity (Wildman–Crippen MR) is 103 cm³/mol. The molecule has 5 fully saturated rings. The Hall–Kier alpha value is -0.650. The molecule has 0 aromatic heterocycles. The number of ether oxygens (including phenoxy) is 4. The number of carbonyl (C=O) groups is 1. The van der Waals surface area contributed by atoms with E-state index in [0.717, 1.165) is 25.9 Å². The summed E-state index contributed by atoms with van der Waals surface area (Å²) in [7, 11) is 3.57. The van der Waals surface area contributed by atoms with Crippen LogP contribution in [0.2, 0.25) is 0 Å². The normalized spacial score (nSPS) is 49.7. The summed E-state index contributed by atoms with van der Waals surface area (Å²) in [5.74, 6) is 3.21. The molecule has 5 nitrogen and oxygen atoms in total. The second-order valence-electron chi connectivity index (χ2n) is 10.2. The molecule has 0 aromatic rings. The van der Waals surface area contributed by atoms with Crippen molar-refractivity contribution in [2.75, 3.05) is 34.2 Å². The summed E-state index contributed by atoms with van der Waals surface area (Å²) in [6.45, 7) is 1.94. The van der Waals surface area contributed by atoms with Crippen LogP contribution in [0.4, 0.5) is 0 Å². The van der Waals surface area contributed by atoms with Gasteiger partial charge in [0, 0.05) is 20.1 Å². The standard InChI is InChI=1S/C23H36O5/c1-25-13-22-9-7-17(28-14-26-2)11-15(22)3-5-18-19(22)8-10-23-16(4-6-20(18)23)12-27-21(23)24/h15-20H,3-14H2,1-2H3/t15-,16+,17+,18+,19-,20-,22+,23-/m0/s1. The Balaban J connectivity index is 1.41. The van der Waals surface area contributed by atoms with E-state index in [2.05, 4.69) is 0 Å². The van der Waals surface area contributed by atoms with Crippen LogP contribution in [0.25, 0.3) is 0 Å². The van der Waals surface area contributed by atoms with E-state index in [4.69, 9.17) is 18.9 Å². The van der Waals surface area contributed by atoms with Gasteiger partial charge in [-0.05, 0) is 86.9 Å². The van der Waals surface area contributed by atoms with Gasteiger partial charge < -0.3 is 18.9 Å². The van der Waals surface area contributed by atoms with Crippen molar-refractivity contribution in [3.63, 3.8) is 0 Å². The van der Waals surface area contributed by atoms with E-state index in [-0.39, 0.29) is 16.8 Å². The van der Waals surface area contributed by atoms with Crippen molar-refractivity contribution >= 4 is 5.97 Å². The number of rotatable bonds is 5. The number of methoxy groups -OCH3 is 2. The molecule has 0 radical (unpaired) electrons. The first-order chi connectivity index (χ1) is 13.7. The number of hydrogen-bond acceptors (Lipinski definition) is 5. The minimum Gasteiger partial charge on any atom is -0.465 e. The molecule has 1 saturated heterocycles. The van der Waals surface area contributed by atoms with Gasteiger partial charge in [-0.1, -0.05) is 0 Å². The van der Waals surface area contributed by atoms with Crippen LogP contribution in [0.3, 0.4) is 0 Å². The van der Waals surface area contributed by atoms with Crippen LogP contribution in [0.1, 0.15) is 57.8 Å². The average molecular weight is 393 g/mol. The molecule has 158 valence electrons. The van der Waals surface area contributed by atoms with Crippen molar-refractivity contribution in [2.45, 2.75) is 63.9 Å². The summed E-state index contributed by atoms with van der Waals surface area (Å²) >= 11 is 0. The Morgan fingerprint density at radius 1 is 0.964 bits per heavy atom. The molecule has 5 heteroatoms. The minimum atomic E-state index is -0.138. The number of hydrogen-bond donors (Lipinski definition) is 0. The highest BCUT2D eigenvalue weighted by Gasteiger charge is 2.68. The molecule has 0 bridgehead atoms. The van der Waals surface area contributed by atoms with Crippen LogP contribution in [0, 0.1) is 40.4 Å². The van der Waals surface area contributed by atoms with Crippen LogP contribution in [0.5, 0.6) is 0 Å². The molecule has 1 aliphatic heterocycles. The summed E-state index contributed by atoms with van der Waals surface area (Å²) in [5.41, 5.74) is 0.133. The van der Waals surface area contributed by atoms with Crippen molar-refractivity contribution in [1.82, 2.24) is 0 Å². The van der Waals surface area contributed by atoms with Crippen molar-refractivity contribution in [2.24, 2.45) is 40.4 Å². The number of fused-ring (bicyclic) bond motifs is 4. The number of cyclic esters (lactones) is 1. The van der Waals surface area contributed by atoms with E-state index < -0.39 is 0 Å². The Bertz CT molecular complexity index is 608. The molecule has 0 N–H and O–H groups in total. The Morgan fingerprint density at radius 2 is 1.82 bits per heavy atom. The zero-order chi connectivity index (χ0) is 19.4. The van der Waals surface area contributed by atoms with Gasteiger partial charge in [-0.15, -0.1) is 0 Å². The topological polar surface area (TPSA) is 54.0 Å². The highest BCUT2D eigenvalue weighted by molar-refractivity contribution is 5.80. The SMILES string of the molecule is COCO[C@@H]1CC[C@@]2(COC)[C@@H](CC[C@@H]3[C@@H]2CC[C@]24C(=O)OC[C@H]2CC[C@@H]34)C1. The summed E-state index contributed by atoms with van der Waals surface area (Å²) in [4.78, 5) is 12.8. The second kappa shape index (κ2) is 7.24. The van der Waals surface area contributed by atoms with Gasteiger partial charge in [0.05, 0.1) is 24.7 Å². The number of carbonyl (C=O) groups excluding carboxylic acids is 1. The zero-order valence-electron chi connectivity index (χ0n) is 17.5. The van der Waals surface area contributed by atoms with Crippen molar-refractivity contribution in [3.8, 4) is 0 Å². The minimum absolute atomic E-state index is 0.137. The summed E-state index contributed by atoms with van der Waals surface area (Å²) in [6, 6.07) is 0. The van der Waals surface area contributed by atoms with E-state index in [0.29, 0.717) is 49.1 Å². The lowest BCUT2D eigenvalue weighted by Gasteiger charge is -2.61. The van der Waals surface area contributed by atoms with Crippen molar-refractivity contribution in [3.05, 3.63) is 0 Å². The van der Waals surface area contributed by atoms with Gasteiger partial charge in [-0.2, -0.15) is 0 Å². The molecule has 5 rings (SSSR count). The average Bonchev–Trinajstić information content (AvgIpc) is 3.23. The Kier molecular flexibility index (Phi) is 5.00. The Labute approximate surface area is 168 Å². The largest absolute Gasteiger partial charge is 0.465 e. The molecule has 4 saturated carbocycles. The predicted octanol–water partition coefficient (Wildman–Crippen LogP) is 3.80. The van der Waals surface area contributed by atoms with Gasteiger partial charge in [0.25, 0.3) is 0 Å². The maximum Gasteiger partial charge on any atom is 0.312 e. The molecule has 8 atom stereocenters. The molecular weight excluding hydrogens is 356 g/mol. The van der Waals surface area contributed by atoms with Gasteiger partial charge in [-0.3, -0.25) is 4.79 Å². The molecular formula is C23H36O5. The second-order valence-corrected chi connectivity index (χ2v) is 10.2. The summed E-state index contributed by atoms with van der Waals surface area (Å²) < 4.78 is 22.6.